The number of nitrogens with one attached hydrogen (secondary N) is 1. The first kappa shape index (κ1) is 15.0. The zero-order valence-corrected chi connectivity index (χ0v) is 12.3. The predicted octanol–water partition coefficient (Wildman–Crippen LogP) is 2.67. The zero-order valence-electron chi connectivity index (χ0n) is 11.5. The van der Waals surface area contributed by atoms with Crippen molar-refractivity contribution < 1.29 is 22.3 Å². The van der Waals surface area contributed by atoms with E-state index in [1.807, 2.05) is 0 Å². The Morgan fingerprint density at radius 3 is 2.14 bits per heavy atom. The highest BCUT2D eigenvalue weighted by Gasteiger charge is 2.19. The number of rotatable bonds is 4. The zero-order chi connectivity index (χ0) is 15.6. The highest BCUT2D eigenvalue weighted by atomic mass is 32.2. The Morgan fingerprint density at radius 2 is 1.55 bits per heavy atom. The van der Waals surface area contributed by atoms with E-state index in [1.54, 1.807) is 24.3 Å². The maximum atomic E-state index is 12.9. The van der Waals surface area contributed by atoms with Crippen LogP contribution < -0.4 is 4.72 Å². The van der Waals surface area contributed by atoms with Gasteiger partial charge in [0.25, 0.3) is 10.0 Å². The molecule has 0 aromatic heterocycles. The van der Waals surface area contributed by atoms with Crippen LogP contribution in [0.2, 0.25) is 0 Å². The van der Waals surface area contributed by atoms with E-state index < -0.39 is 22.1 Å². The first-order chi connectivity index (χ1) is 10.5. The highest BCUT2D eigenvalue weighted by molar-refractivity contribution is 7.92. The molecule has 116 valence electrons. The molecule has 7 heteroatoms. The van der Waals surface area contributed by atoms with Crippen LogP contribution in [0.5, 0.6) is 0 Å². The minimum absolute atomic E-state index is 0.000404. The molecule has 2 aromatic rings. The van der Waals surface area contributed by atoms with Gasteiger partial charge >= 0.3 is 0 Å². The Labute approximate surface area is 127 Å². The van der Waals surface area contributed by atoms with Gasteiger partial charge in [0.1, 0.15) is 5.82 Å². The number of sulfonamides is 1. The van der Waals surface area contributed by atoms with Gasteiger partial charge in [-0.05, 0) is 36.4 Å². The molecule has 2 aromatic carbocycles. The summed E-state index contributed by atoms with van der Waals surface area (Å²) in [6, 6.07) is 11.4. The smallest absolute Gasteiger partial charge is 0.261 e. The molecule has 0 saturated carbocycles. The molecule has 5 nitrogen and oxygen atoms in total. The molecular weight excluding hydrogens is 309 g/mol. The summed E-state index contributed by atoms with van der Waals surface area (Å²) in [6.07, 6.45) is -0.400. The van der Waals surface area contributed by atoms with Gasteiger partial charge in [0.15, 0.2) is 6.29 Å². The SMILES string of the molecule is O=S(=O)(Nc1ccc(C2OCCO2)cc1)c1ccc(F)cc1. The molecule has 1 aliphatic rings. The summed E-state index contributed by atoms with van der Waals surface area (Å²) in [5, 5.41) is 0. The minimum atomic E-state index is -3.74. The predicted molar refractivity (Wildman–Crippen MR) is 78.3 cm³/mol. The molecular formula is C15H14FNO4S. The molecule has 1 fully saturated rings. The summed E-state index contributed by atoms with van der Waals surface area (Å²) in [5.41, 5.74) is 1.23. The fourth-order valence-corrected chi connectivity index (χ4v) is 3.15. The molecule has 0 bridgehead atoms. The van der Waals surface area contributed by atoms with Gasteiger partial charge in [-0.15, -0.1) is 0 Å². The van der Waals surface area contributed by atoms with Crippen LogP contribution in [0.4, 0.5) is 10.1 Å². The van der Waals surface area contributed by atoms with Crippen LogP contribution in [-0.4, -0.2) is 21.6 Å². The normalized spacial score (nSPS) is 15.9. The van der Waals surface area contributed by atoms with Crippen LogP contribution in [0.25, 0.3) is 0 Å². The first-order valence-electron chi connectivity index (χ1n) is 6.66. The topological polar surface area (TPSA) is 64.6 Å². The number of hydrogen-bond donors (Lipinski definition) is 1. The van der Waals surface area contributed by atoms with Crippen molar-refractivity contribution >= 4 is 15.7 Å². The van der Waals surface area contributed by atoms with E-state index >= 15 is 0 Å². The van der Waals surface area contributed by atoms with Gasteiger partial charge in [-0.2, -0.15) is 0 Å². The Bertz CT molecular complexity index is 738. The number of hydrogen-bond acceptors (Lipinski definition) is 4. The third-order valence-electron chi connectivity index (χ3n) is 3.18. The Balaban J connectivity index is 1.75. The maximum Gasteiger partial charge on any atom is 0.261 e. The lowest BCUT2D eigenvalue weighted by molar-refractivity contribution is -0.0441. The van der Waals surface area contributed by atoms with E-state index in [2.05, 4.69) is 4.72 Å². The molecule has 0 spiro atoms. The van der Waals surface area contributed by atoms with Crippen LogP contribution in [0.15, 0.2) is 53.4 Å². The van der Waals surface area contributed by atoms with Crippen molar-refractivity contribution in [3.8, 4) is 0 Å². The van der Waals surface area contributed by atoms with Crippen molar-refractivity contribution in [1.82, 2.24) is 0 Å². The van der Waals surface area contributed by atoms with Gasteiger partial charge in [-0.25, -0.2) is 12.8 Å². The highest BCUT2D eigenvalue weighted by Crippen LogP contribution is 2.25. The van der Waals surface area contributed by atoms with Crippen molar-refractivity contribution in [2.45, 2.75) is 11.2 Å². The Hall–Kier alpha value is -1.96. The van der Waals surface area contributed by atoms with E-state index in [9.17, 15) is 12.8 Å². The molecule has 1 heterocycles. The third-order valence-corrected chi connectivity index (χ3v) is 4.58. The standard InChI is InChI=1S/C15H14FNO4S/c16-12-3-7-14(8-4-12)22(18,19)17-13-5-1-11(2-6-13)15-20-9-10-21-15/h1-8,15,17H,9-10H2. The summed E-state index contributed by atoms with van der Waals surface area (Å²) in [6.45, 7) is 1.09. The number of anilines is 1. The molecule has 22 heavy (non-hydrogen) atoms. The second-order valence-electron chi connectivity index (χ2n) is 4.75. The lowest BCUT2D eigenvalue weighted by atomic mass is 10.2. The summed E-state index contributed by atoms with van der Waals surface area (Å²) >= 11 is 0. The van der Waals surface area contributed by atoms with Crippen molar-refractivity contribution in [3.63, 3.8) is 0 Å². The van der Waals surface area contributed by atoms with Gasteiger partial charge in [0.2, 0.25) is 0 Å². The number of ether oxygens (including phenoxy) is 2. The van der Waals surface area contributed by atoms with Crippen molar-refractivity contribution in [1.29, 1.82) is 0 Å². The number of halogens is 1. The van der Waals surface area contributed by atoms with Crippen LogP contribution in [0.3, 0.4) is 0 Å². The minimum Gasteiger partial charge on any atom is -0.346 e. The summed E-state index contributed by atoms with van der Waals surface area (Å²) in [7, 11) is -3.74. The van der Waals surface area contributed by atoms with E-state index in [1.165, 1.54) is 12.1 Å². The molecule has 0 unspecified atom stereocenters. The van der Waals surface area contributed by atoms with Crippen LogP contribution in [0, 0.1) is 5.82 Å². The fourth-order valence-electron chi connectivity index (χ4n) is 2.09. The molecule has 0 radical (unpaired) electrons. The average molecular weight is 323 g/mol. The van der Waals surface area contributed by atoms with Crippen LogP contribution in [0.1, 0.15) is 11.9 Å². The van der Waals surface area contributed by atoms with Crippen LogP contribution >= 0.6 is 0 Å². The van der Waals surface area contributed by atoms with Crippen molar-refractivity contribution in [2.24, 2.45) is 0 Å². The van der Waals surface area contributed by atoms with E-state index in [4.69, 9.17) is 9.47 Å². The van der Waals surface area contributed by atoms with Crippen molar-refractivity contribution in [3.05, 3.63) is 59.9 Å². The molecule has 1 saturated heterocycles. The molecule has 3 rings (SSSR count). The lowest BCUT2D eigenvalue weighted by Crippen LogP contribution is -2.13. The van der Waals surface area contributed by atoms with Gasteiger partial charge in [-0.1, -0.05) is 12.1 Å². The van der Waals surface area contributed by atoms with E-state index in [-0.39, 0.29) is 4.90 Å². The van der Waals surface area contributed by atoms with Gasteiger partial charge in [0.05, 0.1) is 18.1 Å². The molecule has 0 amide bonds. The van der Waals surface area contributed by atoms with Gasteiger partial charge < -0.3 is 9.47 Å². The third kappa shape index (κ3) is 3.27. The van der Waals surface area contributed by atoms with E-state index in [0.29, 0.717) is 18.9 Å². The first-order valence-corrected chi connectivity index (χ1v) is 8.14. The summed E-state index contributed by atoms with van der Waals surface area (Å²) < 4.78 is 50.4. The lowest BCUT2D eigenvalue weighted by Gasteiger charge is -2.11. The second kappa shape index (κ2) is 6.04. The van der Waals surface area contributed by atoms with Crippen molar-refractivity contribution in [2.75, 3.05) is 17.9 Å². The fraction of sp³-hybridized carbons (Fsp3) is 0.200. The Morgan fingerprint density at radius 1 is 0.955 bits per heavy atom. The van der Waals surface area contributed by atoms with Crippen LogP contribution in [-0.2, 0) is 19.5 Å². The van der Waals surface area contributed by atoms with Gasteiger partial charge in [-0.3, -0.25) is 4.72 Å². The molecule has 1 N–H and O–H groups in total. The molecule has 0 aliphatic carbocycles. The molecule has 1 aliphatic heterocycles. The monoisotopic (exact) mass is 323 g/mol. The number of benzene rings is 2. The largest absolute Gasteiger partial charge is 0.346 e. The summed E-state index contributed by atoms with van der Waals surface area (Å²) in [4.78, 5) is 0.000404. The van der Waals surface area contributed by atoms with Gasteiger partial charge in [0, 0.05) is 11.3 Å². The average Bonchev–Trinajstić information content (AvgIpc) is 3.02. The van der Waals surface area contributed by atoms with E-state index in [0.717, 1.165) is 17.7 Å². The quantitative estimate of drug-likeness (QED) is 0.939. The second-order valence-corrected chi connectivity index (χ2v) is 6.44. The molecule has 0 atom stereocenters. The Kier molecular flexibility index (Phi) is 4.10. The summed E-state index contributed by atoms with van der Waals surface area (Å²) in [5.74, 6) is -0.486. The maximum absolute atomic E-state index is 12.9.